The van der Waals surface area contributed by atoms with Crippen LogP contribution in [0.1, 0.15) is 18.1 Å². The van der Waals surface area contributed by atoms with Gasteiger partial charge in [0.1, 0.15) is 0 Å². The Labute approximate surface area is 117 Å². The Balaban J connectivity index is 2.06. The topological polar surface area (TPSA) is 84.3 Å². The van der Waals surface area contributed by atoms with Crippen molar-refractivity contribution in [3.8, 4) is 0 Å². The largest absolute Gasteiger partial charge is 0.348 e. The minimum Gasteiger partial charge on any atom is -0.348 e. The van der Waals surface area contributed by atoms with E-state index in [4.69, 9.17) is 0 Å². The summed E-state index contributed by atoms with van der Waals surface area (Å²) in [5.41, 5.74) is 3.27. The molecule has 6 nitrogen and oxygen atoms in total. The predicted octanol–water partition coefficient (Wildman–Crippen LogP) is 1.44. The highest BCUT2D eigenvalue weighted by Crippen LogP contribution is 2.21. The zero-order valence-corrected chi connectivity index (χ0v) is 11.5. The minimum atomic E-state index is -0.409. The average Bonchev–Trinajstić information content (AvgIpc) is 2.34. The fourth-order valence-electron chi connectivity index (χ4n) is 2.04. The molecule has 20 heavy (non-hydrogen) atoms. The van der Waals surface area contributed by atoms with Gasteiger partial charge in [-0.25, -0.2) is 0 Å². The molecule has 1 fully saturated rings. The standard InChI is InChI=1S/C14H17N3O3/c1-9-11(4-3-5-13(9)17(19)20)8-16-14(18)10(2)12-6-15-7-12/h3-5,15H,6-8H2,1-2H3,(H,16,18). The second-order valence-electron chi connectivity index (χ2n) is 4.83. The van der Waals surface area contributed by atoms with E-state index in [-0.39, 0.29) is 11.6 Å². The van der Waals surface area contributed by atoms with Crippen LogP contribution in [-0.2, 0) is 11.3 Å². The van der Waals surface area contributed by atoms with Crippen molar-refractivity contribution in [1.29, 1.82) is 0 Å². The monoisotopic (exact) mass is 275 g/mol. The van der Waals surface area contributed by atoms with Gasteiger partial charge in [0.05, 0.1) is 4.92 Å². The third kappa shape index (κ3) is 2.85. The highest BCUT2D eigenvalue weighted by atomic mass is 16.6. The van der Waals surface area contributed by atoms with Crippen LogP contribution in [0.15, 0.2) is 29.3 Å². The lowest BCUT2D eigenvalue weighted by Crippen LogP contribution is -2.37. The van der Waals surface area contributed by atoms with Crippen molar-refractivity contribution in [2.24, 2.45) is 0 Å². The van der Waals surface area contributed by atoms with Crippen molar-refractivity contribution >= 4 is 11.6 Å². The Kier molecular flexibility index (Phi) is 4.14. The normalized spacial score (nSPS) is 13.6. The molecule has 0 spiro atoms. The summed E-state index contributed by atoms with van der Waals surface area (Å²) in [6.07, 6.45) is 0. The molecule has 0 atom stereocenters. The number of nitrogens with zero attached hydrogens (tertiary/aromatic N) is 1. The van der Waals surface area contributed by atoms with Crippen LogP contribution >= 0.6 is 0 Å². The van der Waals surface area contributed by atoms with Gasteiger partial charge in [-0.2, -0.15) is 0 Å². The summed E-state index contributed by atoms with van der Waals surface area (Å²) < 4.78 is 0. The van der Waals surface area contributed by atoms with Gasteiger partial charge in [-0.1, -0.05) is 12.1 Å². The Morgan fingerprint density at radius 2 is 2.15 bits per heavy atom. The Hall–Kier alpha value is -2.21. The number of rotatable bonds is 4. The van der Waals surface area contributed by atoms with Gasteiger partial charge in [-0.15, -0.1) is 0 Å². The molecule has 0 unspecified atom stereocenters. The van der Waals surface area contributed by atoms with Crippen LogP contribution < -0.4 is 10.6 Å². The summed E-state index contributed by atoms with van der Waals surface area (Å²) in [6.45, 7) is 5.31. The summed E-state index contributed by atoms with van der Waals surface area (Å²) in [5.74, 6) is -0.118. The van der Waals surface area contributed by atoms with Gasteiger partial charge in [0.15, 0.2) is 0 Å². The van der Waals surface area contributed by atoms with E-state index in [9.17, 15) is 14.9 Å². The van der Waals surface area contributed by atoms with Gasteiger partial charge in [-0.3, -0.25) is 14.9 Å². The molecule has 1 aromatic rings. The minimum absolute atomic E-state index is 0.0787. The van der Waals surface area contributed by atoms with E-state index < -0.39 is 4.92 Å². The molecule has 1 saturated heterocycles. The number of carbonyl (C=O) groups is 1. The van der Waals surface area contributed by atoms with Crippen molar-refractivity contribution < 1.29 is 9.72 Å². The van der Waals surface area contributed by atoms with Gasteiger partial charge < -0.3 is 10.6 Å². The number of carbonyl (C=O) groups excluding carboxylic acids is 1. The molecule has 1 aliphatic rings. The number of benzene rings is 1. The number of amides is 1. The van der Waals surface area contributed by atoms with E-state index in [1.54, 1.807) is 26.0 Å². The fourth-order valence-corrected chi connectivity index (χ4v) is 2.04. The van der Waals surface area contributed by atoms with E-state index >= 15 is 0 Å². The lowest BCUT2D eigenvalue weighted by molar-refractivity contribution is -0.385. The molecule has 2 rings (SSSR count). The number of nitro groups is 1. The van der Waals surface area contributed by atoms with E-state index in [2.05, 4.69) is 10.6 Å². The second-order valence-corrected chi connectivity index (χ2v) is 4.83. The van der Waals surface area contributed by atoms with Crippen molar-refractivity contribution in [2.75, 3.05) is 13.1 Å². The van der Waals surface area contributed by atoms with Gasteiger partial charge >= 0.3 is 0 Å². The third-order valence-electron chi connectivity index (χ3n) is 3.60. The second kappa shape index (κ2) is 5.83. The van der Waals surface area contributed by atoms with Crippen molar-refractivity contribution in [3.05, 3.63) is 50.6 Å². The fraction of sp³-hybridized carbons (Fsp3) is 0.357. The van der Waals surface area contributed by atoms with Crippen LogP contribution in [0.2, 0.25) is 0 Å². The maximum absolute atomic E-state index is 12.0. The smallest absolute Gasteiger partial charge is 0.272 e. The Morgan fingerprint density at radius 1 is 1.45 bits per heavy atom. The summed E-state index contributed by atoms with van der Waals surface area (Å²) in [7, 11) is 0. The van der Waals surface area contributed by atoms with Crippen LogP contribution in [0.3, 0.4) is 0 Å². The van der Waals surface area contributed by atoms with Gasteiger partial charge in [0, 0.05) is 36.8 Å². The van der Waals surface area contributed by atoms with E-state index in [0.717, 1.165) is 29.8 Å². The van der Waals surface area contributed by atoms with Crippen molar-refractivity contribution in [2.45, 2.75) is 20.4 Å². The molecular weight excluding hydrogens is 258 g/mol. The van der Waals surface area contributed by atoms with Gasteiger partial charge in [-0.05, 0) is 25.0 Å². The number of nitro benzene ring substituents is 1. The van der Waals surface area contributed by atoms with E-state index in [1.807, 2.05) is 0 Å². The molecule has 0 radical (unpaired) electrons. The maximum Gasteiger partial charge on any atom is 0.272 e. The third-order valence-corrected chi connectivity index (χ3v) is 3.60. The van der Waals surface area contributed by atoms with E-state index in [0.29, 0.717) is 12.1 Å². The van der Waals surface area contributed by atoms with Crippen LogP contribution in [0.5, 0.6) is 0 Å². The lowest BCUT2D eigenvalue weighted by atomic mass is 10.0. The molecule has 2 N–H and O–H groups in total. The summed E-state index contributed by atoms with van der Waals surface area (Å²) >= 11 is 0. The zero-order valence-electron chi connectivity index (χ0n) is 11.5. The van der Waals surface area contributed by atoms with E-state index in [1.165, 1.54) is 6.07 Å². The maximum atomic E-state index is 12.0. The molecule has 0 bridgehead atoms. The van der Waals surface area contributed by atoms with Crippen LogP contribution in [0.4, 0.5) is 5.69 Å². The molecule has 0 aromatic heterocycles. The Morgan fingerprint density at radius 3 is 2.70 bits per heavy atom. The summed E-state index contributed by atoms with van der Waals surface area (Å²) in [6, 6.07) is 4.89. The molecule has 1 amide bonds. The zero-order chi connectivity index (χ0) is 14.7. The van der Waals surface area contributed by atoms with Crippen LogP contribution in [-0.4, -0.2) is 23.9 Å². The number of hydrogen-bond acceptors (Lipinski definition) is 4. The van der Waals surface area contributed by atoms with Crippen LogP contribution in [0.25, 0.3) is 0 Å². The van der Waals surface area contributed by atoms with Gasteiger partial charge in [0.2, 0.25) is 5.91 Å². The molecule has 1 aliphatic heterocycles. The molecule has 0 saturated carbocycles. The molecule has 6 heteroatoms. The molecule has 0 aliphatic carbocycles. The Bertz CT molecular complexity index is 587. The first kappa shape index (κ1) is 14.2. The molecule has 1 heterocycles. The summed E-state index contributed by atoms with van der Waals surface area (Å²) in [4.78, 5) is 22.4. The molecule has 1 aromatic carbocycles. The van der Waals surface area contributed by atoms with Crippen molar-refractivity contribution in [3.63, 3.8) is 0 Å². The first-order chi connectivity index (χ1) is 9.50. The van der Waals surface area contributed by atoms with Gasteiger partial charge in [0.25, 0.3) is 5.69 Å². The summed E-state index contributed by atoms with van der Waals surface area (Å²) in [5, 5.41) is 16.8. The highest BCUT2D eigenvalue weighted by molar-refractivity contribution is 5.93. The average molecular weight is 275 g/mol. The molecular formula is C14H17N3O3. The first-order valence-electron chi connectivity index (χ1n) is 6.41. The first-order valence-corrected chi connectivity index (χ1v) is 6.41. The van der Waals surface area contributed by atoms with Crippen LogP contribution in [0, 0.1) is 17.0 Å². The number of nitrogens with one attached hydrogen (secondary N) is 2. The number of hydrogen-bond donors (Lipinski definition) is 2. The predicted molar refractivity (Wildman–Crippen MR) is 75.2 cm³/mol. The molecule has 106 valence electrons. The lowest BCUT2D eigenvalue weighted by Gasteiger charge is -2.21. The van der Waals surface area contributed by atoms with Crippen molar-refractivity contribution in [1.82, 2.24) is 10.6 Å². The quantitative estimate of drug-likeness (QED) is 0.494. The SMILES string of the molecule is CC(C(=O)NCc1cccc([N+](=O)[O-])c1C)=C1CNC1. The highest BCUT2D eigenvalue weighted by Gasteiger charge is 2.17.